The van der Waals surface area contributed by atoms with E-state index in [9.17, 15) is 35.5 Å². The number of anilines is 1. The fourth-order valence-corrected chi connectivity index (χ4v) is 4.04. The maximum Gasteiger partial charge on any atom is 0.416 e. The Kier molecular flexibility index (Phi) is 9.06. The van der Waals surface area contributed by atoms with E-state index in [0.29, 0.717) is 48.9 Å². The van der Waals surface area contributed by atoms with Crippen LogP contribution < -0.4 is 5.32 Å². The first-order chi connectivity index (χ1) is 16.3. The molecule has 0 bridgehead atoms. The largest absolute Gasteiger partial charge is 0.483 e. The van der Waals surface area contributed by atoms with Gasteiger partial charge in [-0.25, -0.2) is 4.39 Å². The highest BCUT2D eigenvalue weighted by Crippen LogP contribution is 2.40. The van der Waals surface area contributed by atoms with Gasteiger partial charge < -0.3 is 10.4 Å². The van der Waals surface area contributed by atoms with Gasteiger partial charge in [-0.15, -0.1) is 0 Å². The second-order valence-corrected chi connectivity index (χ2v) is 7.89. The molecule has 11 heteroatoms. The van der Waals surface area contributed by atoms with Gasteiger partial charge in [0.1, 0.15) is 5.82 Å². The molecule has 1 fully saturated rings. The molecule has 2 atom stereocenters. The third-order valence-electron chi connectivity index (χ3n) is 5.67. The van der Waals surface area contributed by atoms with E-state index in [2.05, 4.69) is 11.9 Å². The van der Waals surface area contributed by atoms with Crippen LogP contribution in [-0.2, 0) is 21.9 Å². The van der Waals surface area contributed by atoms with Crippen LogP contribution in [0.15, 0.2) is 43.0 Å². The number of rotatable bonds is 4. The van der Waals surface area contributed by atoms with E-state index in [1.807, 2.05) is 0 Å². The summed E-state index contributed by atoms with van der Waals surface area (Å²) >= 11 is 0. The number of alkyl halides is 6. The molecule has 1 aliphatic rings. The molecule has 0 aliphatic heterocycles. The monoisotopic (exact) mass is 505 g/mol. The van der Waals surface area contributed by atoms with Crippen LogP contribution in [0.2, 0.25) is 0 Å². The molecule has 0 radical (unpaired) electrons. The average molecular weight is 505 g/mol. The molecule has 2 N–H and O–H groups in total. The Morgan fingerprint density at radius 2 is 1.57 bits per heavy atom. The second-order valence-electron chi connectivity index (χ2n) is 7.89. The molecular formula is C24H22F7NO3. The van der Waals surface area contributed by atoms with Crippen molar-refractivity contribution < 1.29 is 45.4 Å². The van der Waals surface area contributed by atoms with Gasteiger partial charge in [-0.1, -0.05) is 25.1 Å². The maximum atomic E-state index is 14.1. The van der Waals surface area contributed by atoms with Gasteiger partial charge in [0, 0.05) is 5.92 Å². The van der Waals surface area contributed by atoms with Gasteiger partial charge in [0.25, 0.3) is 6.47 Å². The number of carboxylic acid groups (broad SMARTS) is 1. The van der Waals surface area contributed by atoms with Crippen LogP contribution in [0.25, 0.3) is 6.08 Å². The minimum Gasteiger partial charge on any atom is -0.483 e. The fraction of sp³-hybridized carbons (Fsp3) is 0.333. The van der Waals surface area contributed by atoms with E-state index in [0.717, 1.165) is 18.2 Å². The summed E-state index contributed by atoms with van der Waals surface area (Å²) in [5.74, 6) is -2.50. The van der Waals surface area contributed by atoms with E-state index in [4.69, 9.17) is 9.90 Å². The minimum atomic E-state index is -4.70. The van der Waals surface area contributed by atoms with Crippen LogP contribution in [0.1, 0.15) is 53.9 Å². The van der Waals surface area contributed by atoms with Crippen molar-refractivity contribution >= 4 is 24.1 Å². The molecule has 2 unspecified atom stereocenters. The lowest BCUT2D eigenvalue weighted by molar-refractivity contribution is -0.138. The first-order valence-corrected chi connectivity index (χ1v) is 10.4. The molecule has 0 spiro atoms. The summed E-state index contributed by atoms with van der Waals surface area (Å²) in [5, 5.41) is 9.23. The molecule has 2 aromatic rings. The molecule has 0 aromatic heterocycles. The molecular weight excluding hydrogens is 483 g/mol. The topological polar surface area (TPSA) is 66.4 Å². The van der Waals surface area contributed by atoms with Crippen molar-refractivity contribution in [1.82, 2.24) is 0 Å². The van der Waals surface area contributed by atoms with Gasteiger partial charge in [0.05, 0.1) is 16.8 Å². The molecule has 1 amide bonds. The SMILES string of the molecule is C=Cc1cc(C(F)(F)F)ccc1C1CCCC(C(=O)Nc2ccc(C(F)(F)F)cc2F)C1.O=CO. The fourth-order valence-electron chi connectivity index (χ4n) is 4.04. The number of hydrogen-bond acceptors (Lipinski definition) is 2. The smallest absolute Gasteiger partial charge is 0.416 e. The zero-order chi connectivity index (χ0) is 26.4. The third-order valence-corrected chi connectivity index (χ3v) is 5.67. The van der Waals surface area contributed by atoms with Gasteiger partial charge in [0.2, 0.25) is 5.91 Å². The average Bonchev–Trinajstić information content (AvgIpc) is 2.79. The van der Waals surface area contributed by atoms with Crippen LogP contribution in [0, 0.1) is 11.7 Å². The normalized spacial score (nSPS) is 18.1. The summed E-state index contributed by atoms with van der Waals surface area (Å²) in [4.78, 5) is 21.0. The summed E-state index contributed by atoms with van der Waals surface area (Å²) in [7, 11) is 0. The number of amides is 1. The summed E-state index contributed by atoms with van der Waals surface area (Å²) in [6.45, 7) is 3.34. The van der Waals surface area contributed by atoms with E-state index in [1.165, 1.54) is 12.1 Å². The van der Waals surface area contributed by atoms with E-state index >= 15 is 0 Å². The lowest BCUT2D eigenvalue weighted by Crippen LogP contribution is -2.28. The van der Waals surface area contributed by atoms with Crippen molar-refractivity contribution in [3.8, 4) is 0 Å². The lowest BCUT2D eigenvalue weighted by Gasteiger charge is -2.30. The predicted octanol–water partition coefficient (Wildman–Crippen LogP) is 7.12. The minimum absolute atomic E-state index is 0.202. The Morgan fingerprint density at radius 3 is 2.11 bits per heavy atom. The van der Waals surface area contributed by atoms with Gasteiger partial charge in [-0.2, -0.15) is 26.3 Å². The highest BCUT2D eigenvalue weighted by Gasteiger charge is 2.34. The molecule has 0 saturated heterocycles. The van der Waals surface area contributed by atoms with E-state index in [1.54, 1.807) is 0 Å². The highest BCUT2D eigenvalue weighted by molar-refractivity contribution is 5.92. The number of benzene rings is 2. The van der Waals surface area contributed by atoms with Gasteiger partial charge >= 0.3 is 12.4 Å². The Hall–Kier alpha value is -3.37. The molecule has 35 heavy (non-hydrogen) atoms. The summed E-state index contributed by atoms with van der Waals surface area (Å²) in [6, 6.07) is 5.26. The van der Waals surface area contributed by atoms with Crippen LogP contribution in [0.5, 0.6) is 0 Å². The first-order valence-electron chi connectivity index (χ1n) is 10.4. The molecule has 0 heterocycles. The van der Waals surface area contributed by atoms with Crippen LogP contribution in [0.4, 0.5) is 36.4 Å². The van der Waals surface area contributed by atoms with Gasteiger partial charge in [0.15, 0.2) is 0 Å². The first kappa shape index (κ1) is 27.9. The van der Waals surface area contributed by atoms with Gasteiger partial charge in [-0.3, -0.25) is 9.59 Å². The number of hydrogen-bond donors (Lipinski definition) is 2. The van der Waals surface area contributed by atoms with Gasteiger partial charge in [-0.05, 0) is 66.6 Å². The number of carbonyl (C=O) groups is 2. The Labute approximate surface area is 196 Å². The Bertz CT molecular complexity index is 1060. The Morgan fingerprint density at radius 1 is 1.00 bits per heavy atom. The lowest BCUT2D eigenvalue weighted by atomic mass is 9.76. The molecule has 2 aromatic carbocycles. The summed E-state index contributed by atoms with van der Waals surface area (Å²) < 4.78 is 91.1. The summed E-state index contributed by atoms with van der Waals surface area (Å²) in [6.07, 6.45) is -5.78. The van der Waals surface area contributed by atoms with Crippen molar-refractivity contribution in [2.45, 2.75) is 44.0 Å². The van der Waals surface area contributed by atoms with Crippen molar-refractivity contribution in [2.24, 2.45) is 5.92 Å². The van der Waals surface area contributed by atoms with Crippen molar-refractivity contribution in [3.05, 3.63) is 71.0 Å². The van der Waals surface area contributed by atoms with Crippen LogP contribution in [0.3, 0.4) is 0 Å². The predicted molar refractivity (Wildman–Crippen MR) is 115 cm³/mol. The standard InChI is InChI=1S/C23H20F7NO.CH2O2/c1-2-13-11-16(22(25,26)27)6-8-18(13)14-4-3-5-15(10-14)21(32)31-20-9-7-17(12-19(20)24)23(28,29)30;2-1-3/h2,6-9,11-12,14-15H,1,3-5,10H2,(H,31,32);1H,(H,2,3). The highest BCUT2D eigenvalue weighted by atomic mass is 19.4. The van der Waals surface area contributed by atoms with Crippen molar-refractivity contribution in [2.75, 3.05) is 5.32 Å². The van der Waals surface area contributed by atoms with E-state index < -0.39 is 41.1 Å². The summed E-state index contributed by atoms with van der Waals surface area (Å²) in [5.41, 5.74) is -1.33. The number of carbonyl (C=O) groups excluding carboxylic acids is 1. The molecule has 4 nitrogen and oxygen atoms in total. The second kappa shape index (κ2) is 11.4. The van der Waals surface area contributed by atoms with Crippen LogP contribution in [-0.4, -0.2) is 17.5 Å². The number of nitrogens with one attached hydrogen (secondary N) is 1. The zero-order valence-electron chi connectivity index (χ0n) is 18.2. The van der Waals surface area contributed by atoms with Crippen LogP contribution >= 0.6 is 0 Å². The molecule has 190 valence electrons. The maximum absolute atomic E-state index is 14.1. The molecule has 1 saturated carbocycles. The van der Waals surface area contributed by atoms with Crippen molar-refractivity contribution in [3.63, 3.8) is 0 Å². The molecule has 1 aliphatic carbocycles. The Balaban J connectivity index is 0.00000137. The van der Waals surface area contributed by atoms with Crippen molar-refractivity contribution in [1.29, 1.82) is 0 Å². The quantitative estimate of drug-likeness (QED) is 0.344. The zero-order valence-corrected chi connectivity index (χ0v) is 18.2. The molecule has 3 rings (SSSR count). The third kappa shape index (κ3) is 7.30. The van der Waals surface area contributed by atoms with E-state index in [-0.39, 0.29) is 18.1 Å². The number of halogens is 7.